The van der Waals surface area contributed by atoms with E-state index < -0.39 is 0 Å². The zero-order valence-electron chi connectivity index (χ0n) is 19.7. The molecule has 6 aromatic rings. The highest BCUT2D eigenvalue weighted by atomic mass is 16.2. The van der Waals surface area contributed by atoms with Crippen LogP contribution in [0.3, 0.4) is 0 Å². The van der Waals surface area contributed by atoms with Crippen molar-refractivity contribution >= 4 is 33.7 Å². The number of H-pyrrole nitrogens is 1. The molecule has 12 nitrogen and oxygen atoms in total. The van der Waals surface area contributed by atoms with E-state index in [-0.39, 0.29) is 12.3 Å². The zero-order valence-corrected chi connectivity index (χ0v) is 19.7. The first-order chi connectivity index (χ1) is 18.0. The molecule has 0 saturated heterocycles. The minimum Gasteiger partial charge on any atom is -0.337 e. The SMILES string of the molecule is CCC(=O)N(N)c1cncc(-c2cnc3n[nH]c(-c4nc5c(-c6cccnc6)cncc5n4N)c3c2)c1. The lowest BCUT2D eigenvalue weighted by Gasteiger charge is -2.16. The molecule has 6 rings (SSSR count). The van der Waals surface area contributed by atoms with Crippen molar-refractivity contribution in [3.05, 3.63) is 67.6 Å². The summed E-state index contributed by atoms with van der Waals surface area (Å²) in [6.07, 6.45) is 12.1. The third-order valence-corrected chi connectivity index (χ3v) is 6.12. The van der Waals surface area contributed by atoms with Gasteiger partial charge in [-0.1, -0.05) is 13.0 Å². The fourth-order valence-corrected chi connectivity index (χ4v) is 4.18. The van der Waals surface area contributed by atoms with E-state index in [1.807, 2.05) is 18.2 Å². The Kier molecular flexibility index (Phi) is 5.27. The summed E-state index contributed by atoms with van der Waals surface area (Å²) in [5.74, 6) is 12.7. The number of nitrogen functional groups attached to an aromatic ring is 1. The van der Waals surface area contributed by atoms with Gasteiger partial charge in [-0.3, -0.25) is 24.8 Å². The number of imidazole rings is 1. The number of hydrazine groups is 1. The van der Waals surface area contributed by atoms with Crippen molar-refractivity contribution in [2.45, 2.75) is 13.3 Å². The molecule has 0 saturated carbocycles. The molecular formula is C25H21N11O. The molecule has 0 unspecified atom stereocenters. The van der Waals surface area contributed by atoms with Gasteiger partial charge >= 0.3 is 0 Å². The lowest BCUT2D eigenvalue weighted by atomic mass is 10.1. The van der Waals surface area contributed by atoms with Crippen molar-refractivity contribution in [3.63, 3.8) is 0 Å². The maximum atomic E-state index is 12.0. The predicted molar refractivity (Wildman–Crippen MR) is 139 cm³/mol. The van der Waals surface area contributed by atoms with Gasteiger partial charge in [-0.05, 0) is 18.2 Å². The summed E-state index contributed by atoms with van der Waals surface area (Å²) in [6.45, 7) is 1.75. The second-order valence-corrected chi connectivity index (χ2v) is 8.34. The number of hydrogen-bond donors (Lipinski definition) is 3. The molecule has 5 N–H and O–H groups in total. The summed E-state index contributed by atoms with van der Waals surface area (Å²) in [4.78, 5) is 34.2. The molecule has 0 aromatic carbocycles. The fraction of sp³-hybridized carbons (Fsp3) is 0.0800. The van der Waals surface area contributed by atoms with Gasteiger partial charge in [-0.2, -0.15) is 5.10 Å². The first-order valence-electron chi connectivity index (χ1n) is 11.4. The quantitative estimate of drug-likeness (QED) is 0.186. The van der Waals surface area contributed by atoms with Crippen LogP contribution < -0.4 is 16.7 Å². The van der Waals surface area contributed by atoms with Gasteiger partial charge in [-0.25, -0.2) is 25.5 Å². The Morgan fingerprint density at radius 1 is 1.03 bits per heavy atom. The number of aromatic nitrogens is 8. The average molecular weight is 492 g/mol. The van der Waals surface area contributed by atoms with Crippen LogP contribution in [0, 0.1) is 0 Å². The highest BCUT2D eigenvalue weighted by Crippen LogP contribution is 2.33. The van der Waals surface area contributed by atoms with Crippen LogP contribution in [0.1, 0.15) is 13.3 Å². The summed E-state index contributed by atoms with van der Waals surface area (Å²) in [5, 5.41) is 9.18. The minimum absolute atomic E-state index is 0.216. The average Bonchev–Trinajstić information content (AvgIpc) is 3.52. The van der Waals surface area contributed by atoms with E-state index >= 15 is 0 Å². The van der Waals surface area contributed by atoms with Crippen molar-refractivity contribution in [2.75, 3.05) is 10.9 Å². The van der Waals surface area contributed by atoms with Gasteiger partial charge < -0.3 is 5.84 Å². The zero-order chi connectivity index (χ0) is 25.5. The Labute approximate surface area is 210 Å². The highest BCUT2D eigenvalue weighted by Gasteiger charge is 2.20. The van der Waals surface area contributed by atoms with Gasteiger partial charge in [0.05, 0.1) is 23.5 Å². The number of nitrogens with two attached hydrogens (primary N) is 2. The van der Waals surface area contributed by atoms with Crippen molar-refractivity contribution in [3.8, 4) is 33.8 Å². The molecule has 0 bridgehead atoms. The molecular weight excluding hydrogens is 470 g/mol. The van der Waals surface area contributed by atoms with Crippen LogP contribution in [0.4, 0.5) is 5.69 Å². The summed E-state index contributed by atoms with van der Waals surface area (Å²) in [7, 11) is 0. The number of carbonyl (C=O) groups is 1. The van der Waals surface area contributed by atoms with Crippen LogP contribution in [0.5, 0.6) is 0 Å². The monoisotopic (exact) mass is 491 g/mol. The molecule has 182 valence electrons. The maximum absolute atomic E-state index is 12.0. The van der Waals surface area contributed by atoms with E-state index in [9.17, 15) is 4.79 Å². The molecule has 6 aromatic heterocycles. The number of amides is 1. The van der Waals surface area contributed by atoms with Crippen molar-refractivity contribution < 1.29 is 4.79 Å². The van der Waals surface area contributed by atoms with Gasteiger partial charge in [0, 0.05) is 59.7 Å². The minimum atomic E-state index is -0.216. The normalized spacial score (nSPS) is 11.3. The lowest BCUT2D eigenvalue weighted by molar-refractivity contribution is -0.118. The van der Waals surface area contributed by atoms with Gasteiger partial charge in [0.15, 0.2) is 11.5 Å². The number of hydrogen-bond acceptors (Lipinski definition) is 9. The molecule has 0 aliphatic heterocycles. The van der Waals surface area contributed by atoms with Crippen LogP contribution >= 0.6 is 0 Å². The van der Waals surface area contributed by atoms with Crippen molar-refractivity contribution in [2.24, 2.45) is 5.84 Å². The second kappa shape index (κ2) is 8.77. The summed E-state index contributed by atoms with van der Waals surface area (Å²) < 4.78 is 1.48. The number of carbonyl (C=O) groups excluding carboxylic acids is 1. The third-order valence-electron chi connectivity index (χ3n) is 6.12. The molecule has 37 heavy (non-hydrogen) atoms. The fourth-order valence-electron chi connectivity index (χ4n) is 4.18. The van der Waals surface area contributed by atoms with E-state index in [1.165, 1.54) is 10.9 Å². The van der Waals surface area contributed by atoms with Crippen LogP contribution in [0.25, 0.3) is 55.8 Å². The van der Waals surface area contributed by atoms with Crippen molar-refractivity contribution in [1.29, 1.82) is 0 Å². The highest BCUT2D eigenvalue weighted by molar-refractivity contribution is 5.97. The Morgan fingerprint density at radius 3 is 2.65 bits per heavy atom. The van der Waals surface area contributed by atoms with E-state index in [0.717, 1.165) is 32.6 Å². The first kappa shape index (κ1) is 22.2. The van der Waals surface area contributed by atoms with E-state index in [0.29, 0.717) is 33.9 Å². The van der Waals surface area contributed by atoms with Crippen LogP contribution in [-0.4, -0.2) is 45.7 Å². The summed E-state index contributed by atoms with van der Waals surface area (Å²) >= 11 is 0. The Morgan fingerprint density at radius 2 is 1.84 bits per heavy atom. The molecule has 0 atom stereocenters. The van der Waals surface area contributed by atoms with Gasteiger partial charge in [0.2, 0.25) is 5.91 Å². The maximum Gasteiger partial charge on any atom is 0.240 e. The standard InChI is InChI=1S/C25H21N11O/c1-2-21(37)35(26)17-6-15(9-29-11-17)16-7-18-23(33-34-24(18)31-10-16)25-32-22-19(14-4-3-5-28-8-14)12-30-13-20(22)36(25)27/h3-13H,2,26-27H2,1H3,(H,31,33,34). The largest absolute Gasteiger partial charge is 0.337 e. The molecule has 0 aliphatic carbocycles. The first-order valence-corrected chi connectivity index (χ1v) is 11.4. The van der Waals surface area contributed by atoms with Crippen LogP contribution in [0.2, 0.25) is 0 Å². The number of rotatable bonds is 5. The number of nitrogens with zero attached hydrogens (tertiary/aromatic N) is 8. The number of pyridine rings is 4. The molecule has 0 fully saturated rings. The molecule has 0 radical (unpaired) electrons. The molecule has 0 spiro atoms. The topological polar surface area (TPSA) is 170 Å². The van der Waals surface area contributed by atoms with Crippen molar-refractivity contribution in [1.82, 2.24) is 39.8 Å². The summed E-state index contributed by atoms with van der Waals surface area (Å²) in [6, 6.07) is 7.51. The third kappa shape index (κ3) is 3.72. The smallest absolute Gasteiger partial charge is 0.240 e. The van der Waals surface area contributed by atoms with Crippen LogP contribution in [-0.2, 0) is 4.79 Å². The van der Waals surface area contributed by atoms with E-state index in [4.69, 9.17) is 16.7 Å². The summed E-state index contributed by atoms with van der Waals surface area (Å²) in [5.41, 5.74) is 6.13. The molecule has 12 heteroatoms. The lowest BCUT2D eigenvalue weighted by Crippen LogP contribution is -2.36. The number of nitrogens with one attached hydrogen (secondary N) is 1. The van der Waals surface area contributed by atoms with E-state index in [2.05, 4.69) is 30.1 Å². The number of anilines is 1. The Bertz CT molecular complexity index is 1770. The van der Waals surface area contributed by atoms with Gasteiger partial charge in [0.1, 0.15) is 16.7 Å². The Balaban J connectivity index is 1.47. The second-order valence-electron chi connectivity index (χ2n) is 8.34. The van der Waals surface area contributed by atoms with Gasteiger partial charge in [0.25, 0.3) is 0 Å². The van der Waals surface area contributed by atoms with Crippen LogP contribution in [0.15, 0.2) is 67.6 Å². The molecule has 0 aliphatic rings. The van der Waals surface area contributed by atoms with E-state index in [1.54, 1.807) is 50.2 Å². The Hall–Kier alpha value is -5.23. The predicted octanol–water partition coefficient (Wildman–Crippen LogP) is 2.82. The van der Waals surface area contributed by atoms with Gasteiger partial charge in [-0.15, -0.1) is 0 Å². The number of fused-ring (bicyclic) bond motifs is 2. The molecule has 1 amide bonds. The molecule has 6 heterocycles. The number of aromatic amines is 1.